The normalized spacial score (nSPS) is 21.9. The topological polar surface area (TPSA) is 95.1 Å². The third-order valence-corrected chi connectivity index (χ3v) is 4.42. The van der Waals surface area contributed by atoms with E-state index in [1.807, 2.05) is 51.1 Å². The molecule has 0 aromatic heterocycles. The van der Waals surface area contributed by atoms with Crippen molar-refractivity contribution < 1.29 is 28.5 Å². The summed E-state index contributed by atoms with van der Waals surface area (Å²) in [5.74, 6) is 0. The first-order chi connectivity index (χ1) is 13.8. The average Bonchev–Trinajstić information content (AvgIpc) is 2.65. The van der Waals surface area contributed by atoms with E-state index in [9.17, 15) is 9.59 Å². The van der Waals surface area contributed by atoms with Gasteiger partial charge in [-0.1, -0.05) is 30.3 Å². The standard InChI is InChI=1S/C21H32N2O6/c1-21(2,3)29-20(25)22-16-10-11-18(28-14-26-4)17(12-16)23-19(24)27-13-15-8-6-5-7-9-15/h5-9,16-18H,10-14H2,1-4H3,(H,22,25)(H,23,24)/t16-,17-,18-/m0/s1. The molecule has 8 nitrogen and oxygen atoms in total. The number of ether oxygens (including phenoxy) is 4. The van der Waals surface area contributed by atoms with Crippen LogP contribution in [0.5, 0.6) is 0 Å². The fraction of sp³-hybridized carbons (Fsp3) is 0.619. The lowest BCUT2D eigenvalue weighted by Gasteiger charge is -2.36. The summed E-state index contributed by atoms with van der Waals surface area (Å²) in [5.41, 5.74) is 0.338. The molecule has 1 aromatic rings. The summed E-state index contributed by atoms with van der Waals surface area (Å²) >= 11 is 0. The largest absolute Gasteiger partial charge is 0.445 e. The van der Waals surface area contributed by atoms with Crippen LogP contribution in [0.2, 0.25) is 0 Å². The lowest BCUT2D eigenvalue weighted by Crippen LogP contribution is -2.53. The Morgan fingerprint density at radius 1 is 1.07 bits per heavy atom. The molecule has 2 amide bonds. The lowest BCUT2D eigenvalue weighted by atomic mass is 9.88. The summed E-state index contributed by atoms with van der Waals surface area (Å²) in [5, 5.41) is 5.74. The smallest absolute Gasteiger partial charge is 0.407 e. The molecule has 0 unspecified atom stereocenters. The molecular formula is C21H32N2O6. The van der Waals surface area contributed by atoms with Gasteiger partial charge in [-0.05, 0) is 45.6 Å². The highest BCUT2D eigenvalue weighted by atomic mass is 16.7. The van der Waals surface area contributed by atoms with E-state index in [1.165, 1.54) is 0 Å². The van der Waals surface area contributed by atoms with Crippen molar-refractivity contribution >= 4 is 12.2 Å². The second-order valence-electron chi connectivity index (χ2n) is 8.08. The Morgan fingerprint density at radius 2 is 1.79 bits per heavy atom. The fourth-order valence-electron chi connectivity index (χ4n) is 3.17. The highest BCUT2D eigenvalue weighted by Gasteiger charge is 2.34. The van der Waals surface area contributed by atoms with E-state index in [1.54, 1.807) is 7.11 Å². The molecule has 0 aliphatic heterocycles. The molecule has 1 aliphatic carbocycles. The first kappa shape index (κ1) is 23.0. The fourth-order valence-corrected chi connectivity index (χ4v) is 3.17. The zero-order valence-corrected chi connectivity index (χ0v) is 17.6. The van der Waals surface area contributed by atoms with Crippen LogP contribution in [-0.4, -0.2) is 49.9 Å². The van der Waals surface area contributed by atoms with Crippen molar-refractivity contribution in [1.82, 2.24) is 10.6 Å². The van der Waals surface area contributed by atoms with E-state index >= 15 is 0 Å². The minimum absolute atomic E-state index is 0.131. The van der Waals surface area contributed by atoms with Crippen LogP contribution in [0, 0.1) is 0 Å². The van der Waals surface area contributed by atoms with Crippen LogP contribution in [0.25, 0.3) is 0 Å². The number of rotatable bonds is 7. The number of alkyl carbamates (subject to hydrolysis) is 2. The molecule has 2 rings (SSSR count). The molecule has 2 N–H and O–H groups in total. The van der Waals surface area contributed by atoms with Crippen LogP contribution < -0.4 is 10.6 Å². The second-order valence-corrected chi connectivity index (χ2v) is 8.08. The van der Waals surface area contributed by atoms with Gasteiger partial charge in [-0.3, -0.25) is 0 Å². The minimum atomic E-state index is -0.568. The maximum absolute atomic E-state index is 12.3. The van der Waals surface area contributed by atoms with Crippen molar-refractivity contribution in [3.05, 3.63) is 35.9 Å². The second kappa shape index (κ2) is 11.0. The number of carbonyl (C=O) groups excluding carboxylic acids is 2. The Balaban J connectivity index is 1.90. The van der Waals surface area contributed by atoms with Gasteiger partial charge in [0.25, 0.3) is 0 Å². The molecule has 29 heavy (non-hydrogen) atoms. The predicted molar refractivity (Wildman–Crippen MR) is 107 cm³/mol. The van der Waals surface area contributed by atoms with Gasteiger partial charge in [0.2, 0.25) is 0 Å². The quantitative estimate of drug-likeness (QED) is 0.672. The number of methoxy groups -OCH3 is 1. The van der Waals surface area contributed by atoms with Gasteiger partial charge < -0.3 is 29.6 Å². The minimum Gasteiger partial charge on any atom is -0.445 e. The Kier molecular flexibility index (Phi) is 8.72. The first-order valence-electron chi connectivity index (χ1n) is 9.84. The van der Waals surface area contributed by atoms with E-state index < -0.39 is 17.8 Å². The Bertz CT molecular complexity index is 646. The maximum Gasteiger partial charge on any atom is 0.407 e. The summed E-state index contributed by atoms with van der Waals surface area (Å²) in [6.45, 7) is 5.76. The molecule has 0 spiro atoms. The molecular weight excluding hydrogens is 376 g/mol. The first-order valence-corrected chi connectivity index (χ1v) is 9.84. The molecule has 1 aliphatic rings. The number of nitrogens with one attached hydrogen (secondary N) is 2. The predicted octanol–water partition coefficient (Wildman–Crippen LogP) is 3.35. The van der Waals surface area contributed by atoms with Crippen molar-refractivity contribution in [3.63, 3.8) is 0 Å². The summed E-state index contributed by atoms with van der Waals surface area (Å²) in [4.78, 5) is 24.4. The zero-order valence-electron chi connectivity index (χ0n) is 17.6. The molecule has 0 radical (unpaired) electrons. The van der Waals surface area contributed by atoms with Gasteiger partial charge in [0.15, 0.2) is 0 Å². The third-order valence-electron chi connectivity index (χ3n) is 4.42. The van der Waals surface area contributed by atoms with Crippen LogP contribution >= 0.6 is 0 Å². The van der Waals surface area contributed by atoms with Gasteiger partial charge >= 0.3 is 12.2 Å². The van der Waals surface area contributed by atoms with Crippen LogP contribution in [0.1, 0.15) is 45.6 Å². The van der Waals surface area contributed by atoms with Crippen LogP contribution in [0.15, 0.2) is 30.3 Å². The van der Waals surface area contributed by atoms with Gasteiger partial charge in [0.1, 0.15) is 19.0 Å². The molecule has 0 bridgehead atoms. The molecule has 1 aromatic carbocycles. The van der Waals surface area contributed by atoms with Gasteiger partial charge in [0, 0.05) is 13.2 Å². The van der Waals surface area contributed by atoms with Crippen molar-refractivity contribution in [2.24, 2.45) is 0 Å². The molecule has 8 heteroatoms. The Hall–Kier alpha value is -2.32. The van der Waals surface area contributed by atoms with Crippen molar-refractivity contribution in [2.45, 2.75) is 70.4 Å². The highest BCUT2D eigenvalue weighted by Crippen LogP contribution is 2.23. The summed E-state index contributed by atoms with van der Waals surface area (Å²) in [6.07, 6.45) is 0.662. The van der Waals surface area contributed by atoms with Gasteiger partial charge in [-0.25, -0.2) is 9.59 Å². The van der Waals surface area contributed by atoms with E-state index in [2.05, 4.69) is 10.6 Å². The van der Waals surface area contributed by atoms with Gasteiger partial charge in [-0.2, -0.15) is 0 Å². The highest BCUT2D eigenvalue weighted by molar-refractivity contribution is 5.69. The molecule has 162 valence electrons. The lowest BCUT2D eigenvalue weighted by molar-refractivity contribution is -0.0945. The van der Waals surface area contributed by atoms with Gasteiger partial charge in [-0.15, -0.1) is 0 Å². The number of hydrogen-bond acceptors (Lipinski definition) is 6. The van der Waals surface area contributed by atoms with Gasteiger partial charge in [0.05, 0.1) is 12.1 Å². The average molecular weight is 408 g/mol. The number of benzene rings is 1. The Morgan fingerprint density at radius 3 is 2.45 bits per heavy atom. The number of carbonyl (C=O) groups is 2. The molecule has 0 heterocycles. The number of hydrogen-bond donors (Lipinski definition) is 2. The van der Waals surface area contributed by atoms with Crippen molar-refractivity contribution in [1.29, 1.82) is 0 Å². The Labute approximate surface area is 172 Å². The van der Waals surface area contributed by atoms with Crippen molar-refractivity contribution in [2.75, 3.05) is 13.9 Å². The summed E-state index contributed by atoms with van der Waals surface area (Å²) in [6, 6.07) is 9.01. The van der Waals surface area contributed by atoms with E-state index in [0.29, 0.717) is 19.3 Å². The third kappa shape index (κ3) is 8.70. The monoisotopic (exact) mass is 408 g/mol. The molecule has 1 saturated carbocycles. The summed E-state index contributed by atoms with van der Waals surface area (Å²) in [7, 11) is 1.55. The van der Waals surface area contributed by atoms with E-state index in [4.69, 9.17) is 18.9 Å². The van der Waals surface area contributed by atoms with E-state index in [0.717, 1.165) is 5.56 Å². The van der Waals surface area contributed by atoms with Crippen LogP contribution in [0.3, 0.4) is 0 Å². The van der Waals surface area contributed by atoms with Crippen LogP contribution in [0.4, 0.5) is 9.59 Å². The zero-order chi connectivity index (χ0) is 21.3. The SMILES string of the molecule is COCO[C@H]1CC[C@H](NC(=O)OC(C)(C)C)C[C@@H]1NC(=O)OCc1ccccc1. The van der Waals surface area contributed by atoms with E-state index in [-0.39, 0.29) is 31.6 Å². The number of amides is 2. The van der Waals surface area contributed by atoms with Crippen LogP contribution in [-0.2, 0) is 25.6 Å². The molecule has 3 atom stereocenters. The maximum atomic E-state index is 12.3. The molecule has 0 saturated heterocycles. The molecule has 1 fully saturated rings. The summed E-state index contributed by atoms with van der Waals surface area (Å²) < 4.78 is 21.3. The van der Waals surface area contributed by atoms with Crippen molar-refractivity contribution in [3.8, 4) is 0 Å².